The molecule has 10 nitrogen and oxygen atoms in total. The van der Waals surface area contributed by atoms with E-state index in [0.717, 1.165) is 13.7 Å². The van der Waals surface area contributed by atoms with E-state index in [-0.39, 0.29) is 26.3 Å². The molecule has 0 saturated heterocycles. The zero-order valence-corrected chi connectivity index (χ0v) is 15.9. The molecule has 0 spiro atoms. The molecule has 2 unspecified atom stereocenters. The molecule has 0 amide bonds. The van der Waals surface area contributed by atoms with Gasteiger partial charge in [0.15, 0.2) is 0 Å². The normalized spacial score (nSPS) is 13.5. The van der Waals surface area contributed by atoms with E-state index >= 15 is 0 Å². The fourth-order valence-electron chi connectivity index (χ4n) is 2.28. The lowest BCUT2D eigenvalue weighted by Gasteiger charge is -2.15. The van der Waals surface area contributed by atoms with E-state index in [1.807, 2.05) is 6.92 Å². The molecule has 0 radical (unpaired) electrons. The molecule has 2 atom stereocenters. The number of aliphatic hydroxyl groups excluding tert-OH is 2. The summed E-state index contributed by atoms with van der Waals surface area (Å²) in [6.45, 7) is 5.95. The molecule has 1 aromatic rings. The van der Waals surface area contributed by atoms with Crippen LogP contribution in [0, 0.1) is 0 Å². The monoisotopic (exact) mass is 387 g/mol. The quantitative estimate of drug-likeness (QED) is 0.310. The van der Waals surface area contributed by atoms with Crippen molar-refractivity contribution in [1.82, 2.24) is 13.7 Å². The molecule has 1 rings (SSSR count). The summed E-state index contributed by atoms with van der Waals surface area (Å²) in [5.74, 6) is 0. The summed E-state index contributed by atoms with van der Waals surface area (Å²) in [4.78, 5) is 36.4. The van der Waals surface area contributed by atoms with E-state index in [4.69, 9.17) is 9.47 Å². The van der Waals surface area contributed by atoms with Gasteiger partial charge in [0.2, 0.25) is 0 Å². The van der Waals surface area contributed by atoms with Gasteiger partial charge in [-0.25, -0.2) is 28.1 Å². The summed E-state index contributed by atoms with van der Waals surface area (Å²) in [5, 5.41) is 19.4. The minimum atomic E-state index is -1.09. The van der Waals surface area contributed by atoms with Crippen molar-refractivity contribution in [3.8, 4) is 0 Å². The lowest BCUT2D eigenvalue weighted by molar-refractivity contribution is 0.00327. The van der Waals surface area contributed by atoms with Crippen molar-refractivity contribution in [2.45, 2.75) is 45.1 Å². The van der Waals surface area contributed by atoms with E-state index < -0.39 is 29.3 Å². The molecule has 1 aromatic heterocycles. The van der Waals surface area contributed by atoms with Crippen LogP contribution in [0.5, 0.6) is 0 Å². The Morgan fingerprint density at radius 3 is 2.11 bits per heavy atom. The van der Waals surface area contributed by atoms with Crippen molar-refractivity contribution in [1.29, 1.82) is 0 Å². The summed E-state index contributed by atoms with van der Waals surface area (Å²) >= 11 is 0. The van der Waals surface area contributed by atoms with Gasteiger partial charge in [-0.15, -0.1) is 6.58 Å². The van der Waals surface area contributed by atoms with Gasteiger partial charge in [0, 0.05) is 20.3 Å². The number of nitrogens with zero attached hydrogens (tertiary/aromatic N) is 3. The van der Waals surface area contributed by atoms with Crippen molar-refractivity contribution in [3.05, 3.63) is 44.1 Å². The molecule has 2 N–H and O–H groups in total. The van der Waals surface area contributed by atoms with Gasteiger partial charge in [0.25, 0.3) is 0 Å². The first-order valence-corrected chi connectivity index (χ1v) is 8.86. The van der Waals surface area contributed by atoms with Crippen molar-refractivity contribution >= 4 is 0 Å². The fourth-order valence-corrected chi connectivity index (χ4v) is 2.28. The highest BCUT2D eigenvalue weighted by atomic mass is 16.5. The molecule has 0 saturated carbocycles. The van der Waals surface area contributed by atoms with Crippen LogP contribution in [0.15, 0.2) is 27.0 Å². The number of aromatic nitrogens is 3. The Labute approximate surface area is 156 Å². The first kappa shape index (κ1) is 23.0. The van der Waals surface area contributed by atoms with E-state index in [1.165, 1.54) is 13.1 Å². The molecule has 0 aliphatic rings. The van der Waals surface area contributed by atoms with Gasteiger partial charge in [0.05, 0.1) is 38.5 Å². The second-order valence-electron chi connectivity index (χ2n) is 6.14. The number of hydrogen-bond donors (Lipinski definition) is 2. The summed E-state index contributed by atoms with van der Waals surface area (Å²) in [7, 11) is 1.26. The van der Waals surface area contributed by atoms with Gasteiger partial charge in [-0.3, -0.25) is 0 Å². The maximum atomic E-state index is 12.3. The minimum Gasteiger partial charge on any atom is -0.391 e. The lowest BCUT2D eigenvalue weighted by atomic mass is 10.3. The third-order valence-electron chi connectivity index (χ3n) is 3.87. The second kappa shape index (κ2) is 11.7. The van der Waals surface area contributed by atoms with Crippen LogP contribution >= 0.6 is 0 Å². The Kier molecular flexibility index (Phi) is 9.94. The molecule has 0 aliphatic carbocycles. The Morgan fingerprint density at radius 2 is 1.56 bits per heavy atom. The minimum absolute atomic E-state index is 0.0366. The van der Waals surface area contributed by atoms with Crippen LogP contribution in [0.25, 0.3) is 0 Å². The number of aliphatic hydroxyl groups is 2. The third kappa shape index (κ3) is 6.90. The Morgan fingerprint density at radius 1 is 1.00 bits per heavy atom. The first-order chi connectivity index (χ1) is 12.8. The van der Waals surface area contributed by atoms with Crippen LogP contribution in [0.4, 0.5) is 0 Å². The number of hydrogen-bond acceptors (Lipinski definition) is 7. The third-order valence-corrected chi connectivity index (χ3v) is 3.87. The molecule has 154 valence electrons. The molecule has 1 heterocycles. The van der Waals surface area contributed by atoms with Crippen LogP contribution in [-0.4, -0.2) is 62.5 Å². The summed E-state index contributed by atoms with van der Waals surface area (Å²) < 4.78 is 13.0. The highest BCUT2D eigenvalue weighted by molar-refractivity contribution is 4.82. The zero-order valence-electron chi connectivity index (χ0n) is 15.9. The Bertz CT molecular complexity index is 765. The largest absolute Gasteiger partial charge is 0.391 e. The number of ether oxygens (including phenoxy) is 2. The predicted molar refractivity (Wildman–Crippen MR) is 99.0 cm³/mol. The lowest BCUT2D eigenvalue weighted by Crippen LogP contribution is -2.54. The van der Waals surface area contributed by atoms with Gasteiger partial charge < -0.3 is 19.7 Å². The van der Waals surface area contributed by atoms with Crippen molar-refractivity contribution < 1.29 is 19.7 Å². The smallest absolute Gasteiger partial charge is 0.336 e. The summed E-state index contributed by atoms with van der Waals surface area (Å²) in [6, 6.07) is 0. The SMILES string of the molecule is C=CCn1c(=O)n(C)c(=O)n(CC(O)COCCCOCC(O)CC)c1=O. The van der Waals surface area contributed by atoms with Gasteiger partial charge in [-0.1, -0.05) is 13.0 Å². The van der Waals surface area contributed by atoms with Crippen LogP contribution < -0.4 is 17.1 Å². The van der Waals surface area contributed by atoms with E-state index in [1.54, 1.807) is 0 Å². The highest BCUT2D eigenvalue weighted by Gasteiger charge is 2.15. The van der Waals surface area contributed by atoms with Gasteiger partial charge in [-0.05, 0) is 12.8 Å². The molecule has 10 heteroatoms. The zero-order chi connectivity index (χ0) is 20.4. The standard InChI is InChI=1S/C17H29N3O7/c1-4-7-19-15(23)18(3)16(24)20(17(19)25)10-14(22)12-27-9-6-8-26-11-13(21)5-2/h4,13-14,21-22H,1,5-12H2,2-3H3. The highest BCUT2D eigenvalue weighted by Crippen LogP contribution is 1.94. The van der Waals surface area contributed by atoms with Crippen LogP contribution in [0.3, 0.4) is 0 Å². The average molecular weight is 387 g/mol. The molecule has 0 aromatic carbocycles. The van der Waals surface area contributed by atoms with Gasteiger partial charge in [0.1, 0.15) is 0 Å². The van der Waals surface area contributed by atoms with Crippen molar-refractivity contribution in [2.24, 2.45) is 7.05 Å². The topological polar surface area (TPSA) is 125 Å². The van der Waals surface area contributed by atoms with E-state index in [9.17, 15) is 24.6 Å². The number of allylic oxidation sites excluding steroid dienone is 1. The molecule has 0 bridgehead atoms. The second-order valence-corrected chi connectivity index (χ2v) is 6.14. The van der Waals surface area contributed by atoms with Gasteiger partial charge >= 0.3 is 17.1 Å². The average Bonchev–Trinajstić information content (AvgIpc) is 2.66. The van der Waals surface area contributed by atoms with Crippen molar-refractivity contribution in [2.75, 3.05) is 26.4 Å². The summed E-state index contributed by atoms with van der Waals surface area (Å²) in [6.07, 6.45) is 1.01. The van der Waals surface area contributed by atoms with E-state index in [0.29, 0.717) is 26.1 Å². The maximum absolute atomic E-state index is 12.3. The molecule has 0 aliphatic heterocycles. The van der Waals surface area contributed by atoms with Crippen LogP contribution in [-0.2, 0) is 29.6 Å². The van der Waals surface area contributed by atoms with E-state index in [2.05, 4.69) is 6.58 Å². The Balaban J connectivity index is 2.54. The van der Waals surface area contributed by atoms with Crippen LogP contribution in [0.1, 0.15) is 19.8 Å². The summed E-state index contributed by atoms with van der Waals surface area (Å²) in [5.41, 5.74) is -2.34. The Hall–Kier alpha value is -2.01. The fraction of sp³-hybridized carbons (Fsp3) is 0.706. The van der Waals surface area contributed by atoms with Gasteiger partial charge in [-0.2, -0.15) is 0 Å². The first-order valence-electron chi connectivity index (χ1n) is 8.86. The van der Waals surface area contributed by atoms with Crippen LogP contribution in [0.2, 0.25) is 0 Å². The number of rotatable bonds is 13. The molecule has 27 heavy (non-hydrogen) atoms. The predicted octanol–water partition coefficient (Wildman–Crippen LogP) is -1.55. The molecule has 0 fully saturated rings. The van der Waals surface area contributed by atoms with Crippen molar-refractivity contribution in [3.63, 3.8) is 0 Å². The maximum Gasteiger partial charge on any atom is 0.336 e. The molecular formula is C17H29N3O7. The molecular weight excluding hydrogens is 358 g/mol.